The Morgan fingerprint density at radius 1 is 1.11 bits per heavy atom. The number of hydrogen-bond donors (Lipinski definition) is 0. The van der Waals surface area contributed by atoms with Gasteiger partial charge in [0, 0.05) is 16.9 Å². The molecule has 0 aliphatic carbocycles. The van der Waals surface area contributed by atoms with Gasteiger partial charge in [-0.2, -0.15) is 0 Å². The van der Waals surface area contributed by atoms with E-state index in [1.807, 2.05) is 13.0 Å². The number of hydrogen-bond acceptors (Lipinski definition) is 3. The summed E-state index contributed by atoms with van der Waals surface area (Å²) in [5.41, 5.74) is 2.53. The molecule has 2 heterocycles. The summed E-state index contributed by atoms with van der Waals surface area (Å²) in [7, 11) is -0.312. The summed E-state index contributed by atoms with van der Waals surface area (Å²) in [6.07, 6.45) is 0.949. The monoisotopic (exact) mass is 247 g/mol. The first-order chi connectivity index (χ1) is 8.27. The largest absolute Gasteiger partial charge is 0.496 e. The summed E-state index contributed by atoms with van der Waals surface area (Å²) in [6.45, 7) is 12.4. The fourth-order valence-corrected chi connectivity index (χ4v) is 2.04. The molecule has 0 atom stereocenters. The first-order valence-electron chi connectivity index (χ1n) is 6.59. The van der Waals surface area contributed by atoms with Crippen LogP contribution in [-0.4, -0.2) is 23.3 Å². The van der Waals surface area contributed by atoms with Crippen molar-refractivity contribution < 1.29 is 9.31 Å². The van der Waals surface area contributed by atoms with E-state index in [0.717, 1.165) is 23.3 Å². The van der Waals surface area contributed by atoms with Crippen LogP contribution in [0.15, 0.2) is 12.1 Å². The third kappa shape index (κ3) is 2.19. The lowest BCUT2D eigenvalue weighted by atomic mass is 9.78. The standard InChI is InChI=1S/C14H22BNO2/c1-7-11-8-9-12(10(2)16-11)15-17-13(3,4)14(5,6)18-15/h8-9H,7H2,1-6H3. The highest BCUT2D eigenvalue weighted by molar-refractivity contribution is 6.62. The van der Waals surface area contributed by atoms with E-state index in [9.17, 15) is 0 Å². The number of rotatable bonds is 2. The predicted molar refractivity (Wildman–Crippen MR) is 74.1 cm³/mol. The molecule has 1 fully saturated rings. The Labute approximate surface area is 110 Å². The number of aromatic nitrogens is 1. The molecule has 98 valence electrons. The minimum absolute atomic E-state index is 0.298. The Balaban J connectivity index is 2.30. The van der Waals surface area contributed by atoms with Crippen LogP contribution in [0.25, 0.3) is 0 Å². The molecule has 0 N–H and O–H groups in total. The Bertz CT molecular complexity index is 441. The molecule has 1 aromatic rings. The van der Waals surface area contributed by atoms with Crippen LogP contribution in [0.4, 0.5) is 0 Å². The number of pyridine rings is 1. The second-order valence-corrected chi connectivity index (χ2v) is 5.92. The van der Waals surface area contributed by atoms with E-state index in [2.05, 4.69) is 45.7 Å². The lowest BCUT2D eigenvalue weighted by Crippen LogP contribution is -2.41. The van der Waals surface area contributed by atoms with Crippen LogP contribution in [0, 0.1) is 6.92 Å². The quantitative estimate of drug-likeness (QED) is 0.751. The minimum Gasteiger partial charge on any atom is -0.399 e. The van der Waals surface area contributed by atoms with E-state index < -0.39 is 0 Å². The number of aryl methyl sites for hydroxylation is 2. The van der Waals surface area contributed by atoms with Gasteiger partial charge >= 0.3 is 7.12 Å². The Morgan fingerprint density at radius 2 is 1.67 bits per heavy atom. The molecule has 1 aliphatic rings. The van der Waals surface area contributed by atoms with E-state index in [1.165, 1.54) is 0 Å². The fraction of sp³-hybridized carbons (Fsp3) is 0.643. The minimum atomic E-state index is -0.312. The van der Waals surface area contributed by atoms with E-state index in [0.29, 0.717) is 0 Å². The maximum Gasteiger partial charge on any atom is 0.496 e. The first kappa shape index (κ1) is 13.6. The second kappa shape index (κ2) is 4.35. The molecular formula is C14H22BNO2. The lowest BCUT2D eigenvalue weighted by molar-refractivity contribution is 0.00578. The topological polar surface area (TPSA) is 31.4 Å². The van der Waals surface area contributed by atoms with Gasteiger partial charge < -0.3 is 9.31 Å². The van der Waals surface area contributed by atoms with Gasteiger partial charge in [-0.3, -0.25) is 4.98 Å². The van der Waals surface area contributed by atoms with E-state index in [1.54, 1.807) is 0 Å². The van der Waals surface area contributed by atoms with Crippen molar-refractivity contribution in [2.75, 3.05) is 0 Å². The average Bonchev–Trinajstić information content (AvgIpc) is 2.47. The van der Waals surface area contributed by atoms with Crippen LogP contribution in [0.3, 0.4) is 0 Å². The summed E-state index contributed by atoms with van der Waals surface area (Å²) >= 11 is 0. The molecule has 1 saturated heterocycles. The van der Waals surface area contributed by atoms with Gasteiger partial charge in [0.1, 0.15) is 0 Å². The summed E-state index contributed by atoms with van der Waals surface area (Å²) < 4.78 is 12.1. The Hall–Kier alpha value is -0.865. The summed E-state index contributed by atoms with van der Waals surface area (Å²) in [5.74, 6) is 0. The number of nitrogens with zero attached hydrogens (tertiary/aromatic N) is 1. The third-order valence-corrected chi connectivity index (χ3v) is 4.05. The van der Waals surface area contributed by atoms with Crippen molar-refractivity contribution in [2.45, 2.75) is 59.2 Å². The zero-order valence-corrected chi connectivity index (χ0v) is 12.2. The molecule has 2 rings (SSSR count). The molecule has 0 spiro atoms. The molecule has 0 unspecified atom stereocenters. The van der Waals surface area contributed by atoms with E-state index in [-0.39, 0.29) is 18.3 Å². The van der Waals surface area contributed by atoms with Crippen LogP contribution in [0.5, 0.6) is 0 Å². The smallest absolute Gasteiger partial charge is 0.399 e. The molecule has 18 heavy (non-hydrogen) atoms. The molecule has 1 aromatic heterocycles. The van der Waals surface area contributed by atoms with Gasteiger partial charge in [0.25, 0.3) is 0 Å². The molecule has 0 bridgehead atoms. The first-order valence-corrected chi connectivity index (χ1v) is 6.59. The van der Waals surface area contributed by atoms with Crippen molar-refractivity contribution in [3.8, 4) is 0 Å². The SMILES string of the molecule is CCc1ccc(B2OC(C)(C)C(C)(C)O2)c(C)n1. The second-order valence-electron chi connectivity index (χ2n) is 5.92. The van der Waals surface area contributed by atoms with Gasteiger partial charge in [-0.15, -0.1) is 0 Å². The molecule has 0 amide bonds. The molecule has 1 aliphatic heterocycles. The maximum atomic E-state index is 6.04. The molecule has 3 nitrogen and oxygen atoms in total. The highest BCUT2D eigenvalue weighted by atomic mass is 16.7. The van der Waals surface area contributed by atoms with Crippen LogP contribution in [0.2, 0.25) is 0 Å². The van der Waals surface area contributed by atoms with Gasteiger partial charge in [0.15, 0.2) is 0 Å². The zero-order chi connectivity index (χ0) is 13.6. The lowest BCUT2D eigenvalue weighted by Gasteiger charge is -2.32. The zero-order valence-electron chi connectivity index (χ0n) is 12.2. The summed E-state index contributed by atoms with van der Waals surface area (Å²) in [6, 6.07) is 4.12. The van der Waals surface area contributed by atoms with Crippen molar-refractivity contribution in [3.63, 3.8) is 0 Å². The van der Waals surface area contributed by atoms with Crippen LogP contribution in [-0.2, 0) is 15.7 Å². The highest BCUT2D eigenvalue weighted by Gasteiger charge is 2.52. The molecular weight excluding hydrogens is 225 g/mol. The van der Waals surface area contributed by atoms with Crippen LogP contribution >= 0.6 is 0 Å². The van der Waals surface area contributed by atoms with Crippen molar-refractivity contribution in [1.29, 1.82) is 0 Å². The van der Waals surface area contributed by atoms with Crippen molar-refractivity contribution >= 4 is 12.6 Å². The van der Waals surface area contributed by atoms with E-state index in [4.69, 9.17) is 9.31 Å². The fourth-order valence-electron chi connectivity index (χ4n) is 2.04. The van der Waals surface area contributed by atoms with Crippen LogP contribution in [0.1, 0.15) is 46.0 Å². The highest BCUT2D eigenvalue weighted by Crippen LogP contribution is 2.36. The van der Waals surface area contributed by atoms with Gasteiger partial charge in [-0.25, -0.2) is 0 Å². The molecule has 4 heteroatoms. The normalized spacial score (nSPS) is 21.3. The molecule has 0 saturated carbocycles. The molecule has 0 radical (unpaired) electrons. The summed E-state index contributed by atoms with van der Waals surface area (Å²) in [4.78, 5) is 4.57. The van der Waals surface area contributed by atoms with Crippen molar-refractivity contribution in [3.05, 3.63) is 23.5 Å². The van der Waals surface area contributed by atoms with Crippen molar-refractivity contribution in [2.24, 2.45) is 0 Å². The summed E-state index contributed by atoms with van der Waals surface area (Å²) in [5, 5.41) is 0. The van der Waals surface area contributed by atoms with Gasteiger partial charge in [-0.1, -0.05) is 13.0 Å². The Kier molecular flexibility index (Phi) is 3.28. The average molecular weight is 247 g/mol. The van der Waals surface area contributed by atoms with Crippen LogP contribution < -0.4 is 5.46 Å². The predicted octanol–water partition coefficient (Wildman–Crippen LogP) is 2.25. The van der Waals surface area contributed by atoms with Gasteiger partial charge in [0.2, 0.25) is 0 Å². The molecule has 0 aromatic carbocycles. The van der Waals surface area contributed by atoms with E-state index >= 15 is 0 Å². The van der Waals surface area contributed by atoms with Gasteiger partial charge in [-0.05, 0) is 47.1 Å². The Morgan fingerprint density at radius 3 is 2.11 bits per heavy atom. The third-order valence-electron chi connectivity index (χ3n) is 4.05. The van der Waals surface area contributed by atoms with Crippen molar-refractivity contribution in [1.82, 2.24) is 4.98 Å². The maximum absolute atomic E-state index is 6.04. The van der Waals surface area contributed by atoms with Gasteiger partial charge in [0.05, 0.1) is 11.2 Å².